The van der Waals surface area contributed by atoms with Gasteiger partial charge in [-0.15, -0.1) is 35.3 Å². The number of pyridine rings is 4. The summed E-state index contributed by atoms with van der Waals surface area (Å²) in [5.41, 5.74) is 20.3. The Balaban J connectivity index is 0.000000384. The number of amides is 2. The van der Waals surface area contributed by atoms with Crippen LogP contribution in [0, 0.1) is 25.2 Å². The van der Waals surface area contributed by atoms with Crippen molar-refractivity contribution in [2.75, 3.05) is 11.5 Å². The average Bonchev–Trinajstić information content (AvgIpc) is 3.37. The number of ether oxygens (including phenoxy) is 1. The number of thioether (sulfide) groups is 1. The molecule has 248 valence electrons. The summed E-state index contributed by atoms with van der Waals surface area (Å²) in [6.07, 6.45) is 6.88. The number of nitrogens with two attached hydrogens (primary N) is 3. The molecular weight excluding hydrogens is 683 g/mol. The van der Waals surface area contributed by atoms with E-state index >= 15 is 0 Å². The molecule has 5 aromatic rings. The molecule has 0 aliphatic rings. The number of fused-ring (bicyclic) bond motifs is 1. The van der Waals surface area contributed by atoms with Gasteiger partial charge >= 0.3 is 0 Å². The molecule has 0 aromatic carbocycles. The van der Waals surface area contributed by atoms with Crippen molar-refractivity contribution in [2.45, 2.75) is 38.8 Å². The van der Waals surface area contributed by atoms with Crippen molar-refractivity contribution in [1.29, 1.82) is 5.26 Å². The fourth-order valence-corrected chi connectivity index (χ4v) is 5.70. The van der Waals surface area contributed by atoms with Crippen molar-refractivity contribution in [3.05, 3.63) is 104 Å². The number of aromatic nitrogens is 4. The van der Waals surface area contributed by atoms with Gasteiger partial charge in [0.15, 0.2) is 0 Å². The monoisotopic (exact) mass is 716 g/mol. The number of nitrogens with one attached hydrogen (secondary N) is 1. The summed E-state index contributed by atoms with van der Waals surface area (Å²) in [6.45, 7) is 3.96. The Morgan fingerprint density at radius 2 is 1.64 bits per heavy atom. The highest BCUT2D eigenvalue weighted by Gasteiger charge is 2.17. The minimum atomic E-state index is -0.542. The van der Waals surface area contributed by atoms with Crippen LogP contribution in [-0.4, -0.2) is 37.5 Å². The molecule has 0 unspecified atom stereocenters. The second-order valence-corrected chi connectivity index (χ2v) is 11.4. The number of H-pyrrole nitrogens is 1. The lowest BCUT2D eigenvalue weighted by Crippen LogP contribution is -2.15. The van der Waals surface area contributed by atoms with E-state index in [9.17, 15) is 14.4 Å². The summed E-state index contributed by atoms with van der Waals surface area (Å²) in [6, 6.07) is 12.7. The lowest BCUT2D eigenvalue weighted by Gasteiger charge is -2.07. The molecule has 0 spiro atoms. The number of nitrogens with zero attached hydrogens (tertiary/aromatic N) is 4. The van der Waals surface area contributed by atoms with E-state index in [1.165, 1.54) is 17.4 Å². The van der Waals surface area contributed by atoms with Crippen molar-refractivity contribution in [2.24, 2.45) is 11.5 Å². The van der Waals surface area contributed by atoms with Crippen LogP contribution in [0.2, 0.25) is 0 Å². The normalized spacial score (nSPS) is 9.66. The average molecular weight is 718 g/mol. The Labute approximate surface area is 291 Å². The topological polar surface area (TPSA) is 217 Å². The molecule has 0 saturated carbocycles. The quantitative estimate of drug-likeness (QED) is 0.120. The molecule has 16 heteroatoms. The number of carbonyl (C=O) groups is 2. The van der Waals surface area contributed by atoms with E-state index in [0.717, 1.165) is 33.8 Å². The molecule has 5 aromatic heterocycles. The zero-order valence-corrected chi connectivity index (χ0v) is 27.9. The van der Waals surface area contributed by atoms with Crippen LogP contribution in [0.25, 0.3) is 10.2 Å². The first-order valence-corrected chi connectivity index (χ1v) is 15.4. The van der Waals surface area contributed by atoms with E-state index in [1.807, 2.05) is 37.3 Å². The van der Waals surface area contributed by atoms with Crippen LogP contribution in [0.15, 0.2) is 71.0 Å². The molecule has 5 heterocycles. The maximum atomic E-state index is 11.4. The molecule has 12 nitrogen and oxygen atoms in total. The summed E-state index contributed by atoms with van der Waals surface area (Å²) in [5.74, 6) is 0.0563. The molecule has 2 amide bonds. The lowest BCUT2D eigenvalue weighted by atomic mass is 10.1. The number of halogens is 2. The van der Waals surface area contributed by atoms with Gasteiger partial charge in [-0.2, -0.15) is 5.26 Å². The predicted octanol–water partition coefficient (Wildman–Crippen LogP) is 5.27. The van der Waals surface area contributed by atoms with Crippen LogP contribution in [0.4, 0.5) is 5.69 Å². The number of rotatable bonds is 8. The van der Waals surface area contributed by atoms with Gasteiger partial charge in [-0.05, 0) is 60.4 Å². The molecule has 47 heavy (non-hydrogen) atoms. The van der Waals surface area contributed by atoms with Gasteiger partial charge in [-0.25, -0.2) is 4.98 Å². The third kappa shape index (κ3) is 11.9. The maximum absolute atomic E-state index is 11.4. The third-order valence-corrected chi connectivity index (χ3v) is 8.26. The van der Waals surface area contributed by atoms with Crippen molar-refractivity contribution < 1.29 is 14.3 Å². The molecule has 0 fully saturated rings. The van der Waals surface area contributed by atoms with Crippen LogP contribution in [0.3, 0.4) is 0 Å². The van der Waals surface area contributed by atoms with Crippen LogP contribution in [0.5, 0.6) is 5.88 Å². The van der Waals surface area contributed by atoms with Crippen LogP contribution < -0.4 is 27.5 Å². The highest BCUT2D eigenvalue weighted by Crippen LogP contribution is 2.36. The highest BCUT2D eigenvalue weighted by atomic mass is 35.5. The van der Waals surface area contributed by atoms with Crippen molar-refractivity contribution in [3.63, 3.8) is 0 Å². The summed E-state index contributed by atoms with van der Waals surface area (Å²) >= 11 is 7.74. The predicted molar refractivity (Wildman–Crippen MR) is 190 cm³/mol. The number of hydrogen-bond donors (Lipinski definition) is 4. The lowest BCUT2D eigenvalue weighted by molar-refractivity contribution is -0.115. The van der Waals surface area contributed by atoms with Crippen molar-refractivity contribution >= 4 is 74.8 Å². The first kappa shape index (κ1) is 40.3. The second-order valence-electron chi connectivity index (χ2n) is 9.19. The van der Waals surface area contributed by atoms with E-state index in [1.54, 1.807) is 37.8 Å². The minimum absolute atomic E-state index is 0. The SMILES string of the molecule is C.Cc1cc(=O)[nH]c(SCC(N)=O)c1C#N.Cc1cc(OCc2ccncc2)nc2sc(C(N)=O)c(N)c12.Cl.ClCc1ccncc1. The van der Waals surface area contributed by atoms with E-state index in [0.29, 0.717) is 49.9 Å². The molecule has 0 radical (unpaired) electrons. The third-order valence-electron chi connectivity index (χ3n) is 5.81. The number of aromatic amines is 1. The van der Waals surface area contributed by atoms with Gasteiger partial charge < -0.3 is 26.9 Å². The number of nitrogen functional groups attached to an aromatic ring is 1. The Hall–Kier alpha value is -4.68. The van der Waals surface area contributed by atoms with E-state index in [2.05, 4.69) is 19.9 Å². The highest BCUT2D eigenvalue weighted by molar-refractivity contribution is 8.00. The van der Waals surface area contributed by atoms with Gasteiger partial charge in [0.1, 0.15) is 22.4 Å². The van der Waals surface area contributed by atoms with Gasteiger partial charge in [0.25, 0.3) is 5.91 Å². The standard InChI is InChI=1S/C15H14N4O2S.C9H9N3O2S.C6H6ClN.CH4.ClH/c1-8-6-10(21-7-9-2-4-18-5-3-9)19-15-11(8)12(16)13(22-15)14(17)20;1-5-2-8(14)12-9(6(5)3-10)15-4-7(11)13;7-5-6-1-3-8-4-2-6;;/h2-6H,7,16H2,1H3,(H2,17,20);2H,4H2,1H3,(H2,11,13)(H,12,14);1-4H,5H2;1H4;1H. The first-order chi connectivity index (χ1) is 21.5. The molecule has 5 rings (SSSR count). The number of anilines is 1. The van der Waals surface area contributed by atoms with Gasteiger partial charge in [0, 0.05) is 48.2 Å². The number of nitriles is 1. The Kier molecular flexibility index (Phi) is 17.0. The number of aryl methyl sites for hydroxylation is 2. The van der Waals surface area contributed by atoms with Crippen molar-refractivity contribution in [1.82, 2.24) is 19.9 Å². The fourth-order valence-electron chi connectivity index (χ4n) is 3.69. The van der Waals surface area contributed by atoms with Gasteiger partial charge in [-0.1, -0.05) is 19.2 Å². The Morgan fingerprint density at radius 3 is 2.15 bits per heavy atom. The Morgan fingerprint density at radius 1 is 1.04 bits per heavy atom. The zero-order chi connectivity index (χ0) is 32.9. The molecule has 0 aliphatic heterocycles. The smallest absolute Gasteiger partial charge is 0.260 e. The number of hydrogen-bond acceptors (Lipinski definition) is 11. The van der Waals surface area contributed by atoms with E-state index in [4.69, 9.17) is 38.8 Å². The minimum Gasteiger partial charge on any atom is -0.473 e. The number of alkyl halides is 1. The summed E-state index contributed by atoms with van der Waals surface area (Å²) in [4.78, 5) is 48.8. The van der Waals surface area contributed by atoms with E-state index in [-0.39, 0.29) is 31.1 Å². The van der Waals surface area contributed by atoms with Gasteiger partial charge in [-0.3, -0.25) is 24.4 Å². The van der Waals surface area contributed by atoms with Crippen LogP contribution >= 0.6 is 47.1 Å². The zero-order valence-electron chi connectivity index (χ0n) is 24.7. The van der Waals surface area contributed by atoms with Crippen LogP contribution in [0.1, 0.15) is 44.9 Å². The molecule has 0 bridgehead atoms. The second kappa shape index (κ2) is 19.7. The van der Waals surface area contributed by atoms with Gasteiger partial charge in [0.2, 0.25) is 17.3 Å². The summed E-state index contributed by atoms with van der Waals surface area (Å²) in [5, 5.41) is 10.0. The van der Waals surface area contributed by atoms with Crippen LogP contribution in [-0.2, 0) is 17.3 Å². The van der Waals surface area contributed by atoms with E-state index < -0.39 is 11.8 Å². The van der Waals surface area contributed by atoms with Gasteiger partial charge in [0.05, 0.1) is 22.0 Å². The molecule has 0 saturated heterocycles. The Bertz CT molecular complexity index is 1880. The molecule has 7 N–H and O–H groups in total. The first-order valence-electron chi connectivity index (χ1n) is 13.0. The summed E-state index contributed by atoms with van der Waals surface area (Å²) in [7, 11) is 0. The summed E-state index contributed by atoms with van der Waals surface area (Å²) < 4.78 is 5.70. The molecule has 0 aliphatic carbocycles. The number of thiophene rings is 1. The van der Waals surface area contributed by atoms with Crippen molar-refractivity contribution in [3.8, 4) is 11.9 Å². The molecule has 0 atom stereocenters. The largest absolute Gasteiger partial charge is 0.473 e. The fraction of sp³-hybridized carbons (Fsp3) is 0.194. The number of carbonyl (C=O) groups excluding carboxylic acids is 2. The molecular formula is C31H34Cl2N8O4S2. The number of primary amides is 2. The maximum Gasteiger partial charge on any atom is 0.260 e.